The number of nitrogens with one attached hydrogen (secondary N) is 1. The van der Waals surface area contributed by atoms with Crippen molar-refractivity contribution in [1.82, 2.24) is 0 Å². The van der Waals surface area contributed by atoms with Gasteiger partial charge in [-0.3, -0.25) is 4.79 Å². The van der Waals surface area contributed by atoms with Gasteiger partial charge in [0.15, 0.2) is 0 Å². The van der Waals surface area contributed by atoms with Gasteiger partial charge >= 0.3 is 0 Å². The standard InChI is InChI=1S/C13H17BrN2O/c1-10(14)13(17)15-11-4-6-12(7-5-11)16-8-2-3-9-16/h4-7,10H,2-3,8-9H2,1H3,(H,15,17). The van der Waals surface area contributed by atoms with Crippen molar-refractivity contribution in [3.63, 3.8) is 0 Å². The topological polar surface area (TPSA) is 32.3 Å². The molecule has 3 nitrogen and oxygen atoms in total. The zero-order valence-electron chi connectivity index (χ0n) is 9.95. The number of carbonyl (C=O) groups excluding carboxylic acids is 1. The Bertz CT molecular complexity index is 383. The molecule has 0 radical (unpaired) electrons. The quantitative estimate of drug-likeness (QED) is 0.870. The van der Waals surface area contributed by atoms with Gasteiger partial charge in [-0.05, 0) is 44.0 Å². The first-order valence-corrected chi connectivity index (χ1v) is 6.88. The van der Waals surface area contributed by atoms with Gasteiger partial charge in [0.1, 0.15) is 0 Å². The van der Waals surface area contributed by atoms with Crippen LogP contribution in [-0.2, 0) is 4.79 Å². The van der Waals surface area contributed by atoms with Crippen LogP contribution in [0.2, 0.25) is 0 Å². The smallest absolute Gasteiger partial charge is 0.237 e. The van der Waals surface area contributed by atoms with E-state index in [1.807, 2.05) is 19.1 Å². The van der Waals surface area contributed by atoms with Gasteiger partial charge in [0, 0.05) is 24.5 Å². The largest absolute Gasteiger partial charge is 0.372 e. The zero-order chi connectivity index (χ0) is 12.3. The number of halogens is 1. The zero-order valence-corrected chi connectivity index (χ0v) is 11.5. The molecule has 0 aliphatic carbocycles. The lowest BCUT2D eigenvalue weighted by Crippen LogP contribution is -2.20. The van der Waals surface area contributed by atoms with Crippen LogP contribution in [-0.4, -0.2) is 23.8 Å². The third kappa shape index (κ3) is 3.22. The Morgan fingerprint density at radius 3 is 2.41 bits per heavy atom. The number of rotatable bonds is 3. The molecule has 2 rings (SSSR count). The Kier molecular flexibility index (Phi) is 4.05. The third-order valence-electron chi connectivity index (χ3n) is 2.97. The number of alkyl halides is 1. The lowest BCUT2D eigenvalue weighted by molar-refractivity contribution is -0.115. The van der Waals surface area contributed by atoms with E-state index in [1.165, 1.54) is 18.5 Å². The highest BCUT2D eigenvalue weighted by molar-refractivity contribution is 9.10. The minimum Gasteiger partial charge on any atom is -0.372 e. The summed E-state index contributed by atoms with van der Waals surface area (Å²) in [5.74, 6) is -0.0149. The molecular weight excluding hydrogens is 280 g/mol. The molecule has 4 heteroatoms. The first-order valence-electron chi connectivity index (χ1n) is 5.97. The van der Waals surface area contributed by atoms with E-state index in [-0.39, 0.29) is 10.7 Å². The molecule has 1 N–H and O–H groups in total. The van der Waals surface area contributed by atoms with E-state index >= 15 is 0 Å². The van der Waals surface area contributed by atoms with E-state index in [0.717, 1.165) is 18.8 Å². The van der Waals surface area contributed by atoms with Crippen LogP contribution in [0.4, 0.5) is 11.4 Å². The molecule has 1 unspecified atom stereocenters. The van der Waals surface area contributed by atoms with E-state index in [9.17, 15) is 4.79 Å². The number of nitrogens with zero attached hydrogens (tertiary/aromatic N) is 1. The Balaban J connectivity index is 2.00. The molecule has 17 heavy (non-hydrogen) atoms. The molecule has 1 saturated heterocycles. The Morgan fingerprint density at radius 2 is 1.88 bits per heavy atom. The fourth-order valence-corrected chi connectivity index (χ4v) is 2.09. The molecule has 1 aliphatic heterocycles. The fourth-order valence-electron chi connectivity index (χ4n) is 1.97. The minimum absolute atomic E-state index is 0.0149. The molecule has 1 aliphatic rings. The highest BCUT2D eigenvalue weighted by Gasteiger charge is 2.12. The monoisotopic (exact) mass is 296 g/mol. The predicted molar refractivity (Wildman–Crippen MR) is 74.9 cm³/mol. The number of carbonyl (C=O) groups is 1. The van der Waals surface area contributed by atoms with Crippen molar-refractivity contribution in [2.24, 2.45) is 0 Å². The molecule has 1 aromatic rings. The van der Waals surface area contributed by atoms with Gasteiger partial charge in [0.2, 0.25) is 5.91 Å². The SMILES string of the molecule is CC(Br)C(=O)Nc1ccc(N2CCCC2)cc1. The van der Waals surface area contributed by atoms with Crippen LogP contribution in [0.3, 0.4) is 0 Å². The summed E-state index contributed by atoms with van der Waals surface area (Å²) in [6, 6.07) is 8.06. The summed E-state index contributed by atoms with van der Waals surface area (Å²) in [5.41, 5.74) is 2.09. The summed E-state index contributed by atoms with van der Waals surface area (Å²) < 4.78 is 0. The second-order valence-corrected chi connectivity index (χ2v) is 5.72. The first kappa shape index (κ1) is 12.4. The van der Waals surface area contributed by atoms with E-state index in [2.05, 4.69) is 38.3 Å². The van der Waals surface area contributed by atoms with Gasteiger partial charge in [-0.25, -0.2) is 0 Å². The molecule has 0 spiro atoms. The lowest BCUT2D eigenvalue weighted by atomic mass is 10.2. The molecule has 1 fully saturated rings. The number of hydrogen-bond acceptors (Lipinski definition) is 2. The second kappa shape index (κ2) is 5.54. The van der Waals surface area contributed by atoms with Crippen LogP contribution in [0, 0.1) is 0 Å². The first-order chi connectivity index (χ1) is 8.16. The molecule has 1 atom stereocenters. The van der Waals surface area contributed by atoms with Crippen molar-refractivity contribution in [1.29, 1.82) is 0 Å². The average Bonchev–Trinajstić information content (AvgIpc) is 2.83. The van der Waals surface area contributed by atoms with Crippen molar-refractivity contribution in [2.45, 2.75) is 24.6 Å². The minimum atomic E-state index is -0.166. The number of benzene rings is 1. The highest BCUT2D eigenvalue weighted by atomic mass is 79.9. The summed E-state index contributed by atoms with van der Waals surface area (Å²) in [6.45, 7) is 4.10. The normalized spacial score (nSPS) is 16.9. The summed E-state index contributed by atoms with van der Waals surface area (Å²) in [5, 5.41) is 2.85. The number of hydrogen-bond donors (Lipinski definition) is 1. The van der Waals surface area contributed by atoms with Crippen LogP contribution in [0.15, 0.2) is 24.3 Å². The summed E-state index contributed by atoms with van der Waals surface area (Å²) in [6.07, 6.45) is 2.55. The molecule has 0 bridgehead atoms. The van der Waals surface area contributed by atoms with Gasteiger partial charge in [0.25, 0.3) is 0 Å². The Labute approximate surface area is 110 Å². The van der Waals surface area contributed by atoms with E-state index in [4.69, 9.17) is 0 Å². The fraction of sp³-hybridized carbons (Fsp3) is 0.462. The van der Waals surface area contributed by atoms with Crippen LogP contribution in [0.25, 0.3) is 0 Å². The van der Waals surface area contributed by atoms with E-state index in [0.29, 0.717) is 0 Å². The molecule has 92 valence electrons. The summed E-state index contributed by atoms with van der Waals surface area (Å²) in [4.78, 5) is 13.7. The third-order valence-corrected chi connectivity index (χ3v) is 3.38. The molecule has 0 aromatic heterocycles. The van der Waals surface area contributed by atoms with Crippen molar-refractivity contribution in [2.75, 3.05) is 23.3 Å². The van der Waals surface area contributed by atoms with Gasteiger partial charge in [-0.1, -0.05) is 15.9 Å². The number of anilines is 2. The molecular formula is C13H17BrN2O. The van der Waals surface area contributed by atoms with E-state index in [1.54, 1.807) is 0 Å². The molecule has 1 heterocycles. The highest BCUT2D eigenvalue weighted by Crippen LogP contribution is 2.22. The van der Waals surface area contributed by atoms with Crippen molar-refractivity contribution in [3.8, 4) is 0 Å². The molecule has 1 aromatic carbocycles. The maximum atomic E-state index is 11.5. The summed E-state index contributed by atoms with van der Waals surface area (Å²) >= 11 is 3.25. The number of amides is 1. The maximum Gasteiger partial charge on any atom is 0.237 e. The Hall–Kier alpha value is -1.03. The van der Waals surface area contributed by atoms with Crippen LogP contribution in [0.5, 0.6) is 0 Å². The van der Waals surface area contributed by atoms with Crippen molar-refractivity contribution >= 4 is 33.2 Å². The van der Waals surface area contributed by atoms with Crippen LogP contribution < -0.4 is 10.2 Å². The molecule has 0 saturated carbocycles. The van der Waals surface area contributed by atoms with E-state index < -0.39 is 0 Å². The van der Waals surface area contributed by atoms with Gasteiger partial charge in [-0.15, -0.1) is 0 Å². The van der Waals surface area contributed by atoms with Crippen molar-refractivity contribution < 1.29 is 4.79 Å². The van der Waals surface area contributed by atoms with Crippen LogP contribution >= 0.6 is 15.9 Å². The summed E-state index contributed by atoms with van der Waals surface area (Å²) in [7, 11) is 0. The predicted octanol–water partition coefficient (Wildman–Crippen LogP) is 3.01. The van der Waals surface area contributed by atoms with Gasteiger partial charge in [-0.2, -0.15) is 0 Å². The second-order valence-electron chi connectivity index (χ2n) is 4.35. The van der Waals surface area contributed by atoms with Crippen LogP contribution in [0.1, 0.15) is 19.8 Å². The van der Waals surface area contributed by atoms with Crippen molar-refractivity contribution in [3.05, 3.63) is 24.3 Å². The van der Waals surface area contributed by atoms with Gasteiger partial charge in [0.05, 0.1) is 4.83 Å². The molecule has 1 amide bonds. The Morgan fingerprint density at radius 1 is 1.29 bits per heavy atom. The van der Waals surface area contributed by atoms with Gasteiger partial charge < -0.3 is 10.2 Å². The lowest BCUT2D eigenvalue weighted by Gasteiger charge is -2.17. The average molecular weight is 297 g/mol. The maximum absolute atomic E-state index is 11.5.